The Kier molecular flexibility index (Phi) is 4.95. The summed E-state index contributed by atoms with van der Waals surface area (Å²) >= 11 is 0. The van der Waals surface area contributed by atoms with Crippen molar-refractivity contribution < 1.29 is 9.32 Å². The summed E-state index contributed by atoms with van der Waals surface area (Å²) in [5, 5.41) is 3.97. The molecule has 0 aromatic carbocycles. The van der Waals surface area contributed by atoms with E-state index in [0.29, 0.717) is 37.0 Å². The van der Waals surface area contributed by atoms with Crippen LogP contribution < -0.4 is 0 Å². The molecule has 8 heteroatoms. The van der Waals surface area contributed by atoms with Crippen molar-refractivity contribution in [2.24, 2.45) is 7.05 Å². The molecule has 140 valence electrons. The lowest BCUT2D eigenvalue weighted by molar-refractivity contribution is -0.132. The van der Waals surface area contributed by atoms with Gasteiger partial charge in [-0.3, -0.25) is 9.78 Å². The Hall–Kier alpha value is -3.03. The second-order valence-electron chi connectivity index (χ2n) is 6.83. The lowest BCUT2D eigenvalue weighted by atomic mass is 9.97. The molecule has 8 nitrogen and oxygen atoms in total. The minimum Gasteiger partial charge on any atom is -0.342 e. The Morgan fingerprint density at radius 1 is 1.37 bits per heavy atom. The van der Waals surface area contributed by atoms with Gasteiger partial charge in [0, 0.05) is 69.2 Å². The van der Waals surface area contributed by atoms with Gasteiger partial charge in [0.05, 0.1) is 0 Å². The monoisotopic (exact) mass is 366 g/mol. The average Bonchev–Trinajstić information content (AvgIpc) is 3.36. The molecule has 0 N–H and O–H groups in total. The van der Waals surface area contributed by atoms with E-state index in [1.807, 2.05) is 41.0 Å². The summed E-state index contributed by atoms with van der Waals surface area (Å²) in [7, 11) is 2.00. The van der Waals surface area contributed by atoms with Crippen molar-refractivity contribution in [2.45, 2.75) is 31.6 Å². The predicted molar refractivity (Wildman–Crippen MR) is 97.6 cm³/mol. The highest BCUT2D eigenvalue weighted by Crippen LogP contribution is 2.26. The van der Waals surface area contributed by atoms with Crippen molar-refractivity contribution in [3.63, 3.8) is 0 Å². The Labute approximate surface area is 157 Å². The van der Waals surface area contributed by atoms with E-state index >= 15 is 0 Å². The molecule has 1 aliphatic rings. The summed E-state index contributed by atoms with van der Waals surface area (Å²) in [5.74, 6) is 2.43. The molecule has 4 heterocycles. The number of amides is 1. The summed E-state index contributed by atoms with van der Waals surface area (Å²) in [6.45, 7) is 1.51. The second-order valence-corrected chi connectivity index (χ2v) is 6.83. The number of aryl methyl sites for hydroxylation is 2. The highest BCUT2D eigenvalue weighted by atomic mass is 16.5. The van der Waals surface area contributed by atoms with Gasteiger partial charge in [-0.1, -0.05) is 5.16 Å². The highest BCUT2D eigenvalue weighted by molar-refractivity contribution is 5.76. The molecule has 0 radical (unpaired) electrons. The fraction of sp³-hybridized carbons (Fsp3) is 0.421. The summed E-state index contributed by atoms with van der Waals surface area (Å²) in [6.07, 6.45) is 10.0. The maximum absolute atomic E-state index is 12.6. The Morgan fingerprint density at radius 3 is 3.07 bits per heavy atom. The zero-order valence-electron chi connectivity index (χ0n) is 15.3. The van der Waals surface area contributed by atoms with Gasteiger partial charge in [0.1, 0.15) is 5.82 Å². The highest BCUT2D eigenvalue weighted by Gasteiger charge is 2.27. The molecule has 0 aliphatic carbocycles. The number of piperidine rings is 1. The minimum atomic E-state index is 0.120. The Morgan fingerprint density at radius 2 is 2.30 bits per heavy atom. The number of pyridine rings is 1. The van der Waals surface area contributed by atoms with Crippen molar-refractivity contribution >= 4 is 5.91 Å². The molecule has 0 saturated carbocycles. The van der Waals surface area contributed by atoms with Crippen LogP contribution in [0.2, 0.25) is 0 Å². The maximum Gasteiger partial charge on any atom is 0.227 e. The van der Waals surface area contributed by atoms with Crippen molar-refractivity contribution in [1.29, 1.82) is 0 Å². The third-order valence-electron chi connectivity index (χ3n) is 4.94. The molecular formula is C19H22N6O2. The van der Waals surface area contributed by atoms with E-state index in [1.165, 1.54) is 0 Å². The molecule has 0 spiro atoms. The molecular weight excluding hydrogens is 344 g/mol. The lowest BCUT2D eigenvalue weighted by Gasteiger charge is -2.32. The molecule has 1 aliphatic heterocycles. The minimum absolute atomic E-state index is 0.120. The first-order chi connectivity index (χ1) is 13.2. The van der Waals surface area contributed by atoms with E-state index in [4.69, 9.17) is 4.52 Å². The van der Waals surface area contributed by atoms with Gasteiger partial charge in [-0.25, -0.2) is 4.98 Å². The fourth-order valence-corrected chi connectivity index (χ4v) is 3.53. The van der Waals surface area contributed by atoms with Crippen LogP contribution in [0.15, 0.2) is 41.4 Å². The SMILES string of the molecule is Cn1ccnc1[C@@H]1CCCN(C(=O)CCc2nc(-c3cccnc3)no2)C1. The quantitative estimate of drug-likeness (QED) is 0.688. The fourth-order valence-electron chi connectivity index (χ4n) is 3.53. The van der Waals surface area contributed by atoms with Crippen molar-refractivity contribution in [1.82, 2.24) is 29.6 Å². The molecule has 27 heavy (non-hydrogen) atoms. The standard InChI is InChI=1S/C19H22N6O2/c1-24-11-9-21-19(24)15-5-3-10-25(13-15)17(26)7-6-16-22-18(23-27-16)14-4-2-8-20-12-14/h2,4,8-9,11-12,15H,3,5-7,10,13H2,1H3/t15-/m1/s1. The normalized spacial score (nSPS) is 17.2. The van der Waals surface area contributed by atoms with Gasteiger partial charge in [-0.2, -0.15) is 4.98 Å². The number of carbonyl (C=O) groups excluding carboxylic acids is 1. The third-order valence-corrected chi connectivity index (χ3v) is 4.94. The van der Waals surface area contributed by atoms with E-state index in [-0.39, 0.29) is 5.91 Å². The number of aromatic nitrogens is 5. The van der Waals surface area contributed by atoms with Crippen LogP contribution in [0.1, 0.15) is 36.9 Å². The smallest absolute Gasteiger partial charge is 0.227 e. The van der Waals surface area contributed by atoms with Crippen LogP contribution >= 0.6 is 0 Å². The van der Waals surface area contributed by atoms with Crippen LogP contribution in [0.4, 0.5) is 0 Å². The topological polar surface area (TPSA) is 89.9 Å². The molecule has 3 aromatic rings. The summed E-state index contributed by atoms with van der Waals surface area (Å²) in [6, 6.07) is 3.70. The molecule has 3 aromatic heterocycles. The molecule has 0 unspecified atom stereocenters. The van der Waals surface area contributed by atoms with Crippen LogP contribution in [0.3, 0.4) is 0 Å². The van der Waals surface area contributed by atoms with Crippen molar-refractivity contribution in [2.75, 3.05) is 13.1 Å². The van der Waals surface area contributed by atoms with Crippen LogP contribution in [0, 0.1) is 0 Å². The van der Waals surface area contributed by atoms with Crippen LogP contribution in [0.5, 0.6) is 0 Å². The molecule has 4 rings (SSSR count). The first kappa shape index (κ1) is 17.4. The number of hydrogen-bond acceptors (Lipinski definition) is 6. The van der Waals surface area contributed by atoms with E-state index in [9.17, 15) is 4.79 Å². The van der Waals surface area contributed by atoms with Crippen molar-refractivity contribution in [3.05, 3.63) is 48.6 Å². The molecule has 1 amide bonds. The van der Waals surface area contributed by atoms with Gasteiger partial charge in [0.2, 0.25) is 17.6 Å². The lowest BCUT2D eigenvalue weighted by Crippen LogP contribution is -2.39. The first-order valence-electron chi connectivity index (χ1n) is 9.18. The summed E-state index contributed by atoms with van der Waals surface area (Å²) < 4.78 is 7.32. The van der Waals surface area contributed by atoms with Gasteiger partial charge < -0.3 is 14.0 Å². The molecule has 1 fully saturated rings. The molecule has 1 saturated heterocycles. The van der Waals surface area contributed by atoms with Crippen LogP contribution in [-0.2, 0) is 18.3 Å². The van der Waals surface area contributed by atoms with Gasteiger partial charge in [-0.05, 0) is 25.0 Å². The van der Waals surface area contributed by atoms with E-state index < -0.39 is 0 Å². The van der Waals surface area contributed by atoms with Gasteiger partial charge in [0.15, 0.2) is 0 Å². The zero-order chi connectivity index (χ0) is 18.6. The maximum atomic E-state index is 12.6. The van der Waals surface area contributed by atoms with Gasteiger partial charge in [-0.15, -0.1) is 0 Å². The Balaban J connectivity index is 1.34. The van der Waals surface area contributed by atoms with Crippen molar-refractivity contribution in [3.8, 4) is 11.4 Å². The van der Waals surface area contributed by atoms with Crippen LogP contribution in [0.25, 0.3) is 11.4 Å². The summed E-state index contributed by atoms with van der Waals surface area (Å²) in [4.78, 5) is 27.4. The number of imidazole rings is 1. The number of rotatable bonds is 5. The number of nitrogens with zero attached hydrogens (tertiary/aromatic N) is 6. The Bertz CT molecular complexity index is 904. The summed E-state index contributed by atoms with van der Waals surface area (Å²) in [5.41, 5.74) is 0.799. The van der Waals surface area contributed by atoms with Gasteiger partial charge >= 0.3 is 0 Å². The number of carbonyl (C=O) groups is 1. The van der Waals surface area contributed by atoms with Gasteiger partial charge in [0.25, 0.3) is 0 Å². The second kappa shape index (κ2) is 7.69. The largest absolute Gasteiger partial charge is 0.342 e. The average molecular weight is 366 g/mol. The molecule has 0 bridgehead atoms. The number of hydrogen-bond donors (Lipinski definition) is 0. The molecule has 1 atom stereocenters. The third kappa shape index (κ3) is 3.89. The number of likely N-dealkylation sites (tertiary alicyclic amines) is 1. The van der Waals surface area contributed by atoms with E-state index in [2.05, 4.69) is 20.1 Å². The zero-order valence-corrected chi connectivity index (χ0v) is 15.3. The van der Waals surface area contributed by atoms with E-state index in [0.717, 1.165) is 30.8 Å². The first-order valence-corrected chi connectivity index (χ1v) is 9.18. The van der Waals surface area contributed by atoms with Crippen LogP contribution in [-0.4, -0.2) is 48.6 Å². The predicted octanol–water partition coefficient (Wildman–Crippen LogP) is 2.20. The van der Waals surface area contributed by atoms with E-state index in [1.54, 1.807) is 12.4 Å².